The van der Waals surface area contributed by atoms with Crippen LogP contribution in [0.2, 0.25) is 5.02 Å². The summed E-state index contributed by atoms with van der Waals surface area (Å²) in [6.07, 6.45) is 2.11. The summed E-state index contributed by atoms with van der Waals surface area (Å²) in [6, 6.07) is 11.9. The smallest absolute Gasteiger partial charge is 0.128 e. The maximum Gasteiger partial charge on any atom is 0.128 e. The first-order valence-electron chi connectivity index (χ1n) is 8.43. The highest BCUT2D eigenvalue weighted by molar-refractivity contribution is 6.34. The van der Waals surface area contributed by atoms with Crippen molar-refractivity contribution < 1.29 is 14.2 Å². The Hall–Kier alpha value is -2.37. The summed E-state index contributed by atoms with van der Waals surface area (Å²) in [5.74, 6) is 0.239. The Balaban J connectivity index is 1.87. The summed E-state index contributed by atoms with van der Waals surface area (Å²) in [4.78, 5) is 4.31. The molecule has 0 saturated heterocycles. The summed E-state index contributed by atoms with van der Waals surface area (Å²) in [7, 11) is 0. The van der Waals surface area contributed by atoms with Gasteiger partial charge in [0.2, 0.25) is 0 Å². The molecule has 2 aromatic carbocycles. The number of hydrogen-bond acceptors (Lipinski definition) is 4. The molecule has 0 fully saturated rings. The lowest BCUT2D eigenvalue weighted by atomic mass is 10.1. The van der Waals surface area contributed by atoms with Crippen molar-refractivity contribution in [1.82, 2.24) is 4.98 Å². The van der Waals surface area contributed by atoms with Crippen molar-refractivity contribution in [3.05, 3.63) is 65.1 Å². The van der Waals surface area contributed by atoms with Gasteiger partial charge in [-0.25, -0.2) is 4.39 Å². The zero-order chi connectivity index (χ0) is 18.5. The number of rotatable bonds is 7. The molecule has 1 aromatic heterocycles. The number of pyridine rings is 1. The van der Waals surface area contributed by atoms with Crippen LogP contribution in [0.1, 0.15) is 24.9 Å². The molecule has 6 heteroatoms. The van der Waals surface area contributed by atoms with Crippen LogP contribution in [0.4, 0.5) is 10.1 Å². The molecule has 1 atom stereocenters. The Morgan fingerprint density at radius 1 is 1.27 bits per heavy atom. The molecule has 0 saturated carbocycles. The number of halogens is 2. The first-order chi connectivity index (χ1) is 12.6. The van der Waals surface area contributed by atoms with Crippen molar-refractivity contribution >= 4 is 28.2 Å². The number of para-hydroxylation sites is 1. The number of benzene rings is 2. The molecule has 3 rings (SSSR count). The van der Waals surface area contributed by atoms with Crippen molar-refractivity contribution in [2.24, 2.45) is 0 Å². The van der Waals surface area contributed by atoms with E-state index in [1.54, 1.807) is 18.3 Å². The van der Waals surface area contributed by atoms with Crippen LogP contribution in [-0.4, -0.2) is 23.3 Å². The summed E-state index contributed by atoms with van der Waals surface area (Å²) in [6.45, 7) is 2.30. The summed E-state index contributed by atoms with van der Waals surface area (Å²) < 4.78 is 19.9. The Morgan fingerprint density at radius 3 is 2.88 bits per heavy atom. The predicted octanol–water partition coefficient (Wildman–Crippen LogP) is 4.96. The second-order valence-corrected chi connectivity index (χ2v) is 6.38. The van der Waals surface area contributed by atoms with E-state index in [1.807, 2.05) is 31.2 Å². The molecule has 0 aliphatic carbocycles. The highest BCUT2D eigenvalue weighted by Gasteiger charge is 2.15. The highest BCUT2D eigenvalue weighted by Crippen LogP contribution is 2.33. The van der Waals surface area contributed by atoms with Gasteiger partial charge in [0, 0.05) is 30.2 Å². The first kappa shape index (κ1) is 18.4. The molecule has 0 aliphatic heterocycles. The lowest BCUT2D eigenvalue weighted by molar-refractivity contribution is 0.233. The largest absolute Gasteiger partial charge is 0.493 e. The van der Waals surface area contributed by atoms with E-state index in [2.05, 4.69) is 10.3 Å². The minimum absolute atomic E-state index is 0.0552. The molecule has 136 valence electrons. The third-order valence-corrected chi connectivity index (χ3v) is 4.38. The average molecular weight is 375 g/mol. The molecule has 26 heavy (non-hydrogen) atoms. The van der Waals surface area contributed by atoms with Gasteiger partial charge in [0.15, 0.2) is 0 Å². The van der Waals surface area contributed by atoms with E-state index in [4.69, 9.17) is 21.4 Å². The van der Waals surface area contributed by atoms with Crippen molar-refractivity contribution in [1.29, 1.82) is 0 Å². The van der Waals surface area contributed by atoms with Crippen molar-refractivity contribution in [3.63, 3.8) is 0 Å². The molecular formula is C20H20ClFN2O2. The average Bonchev–Trinajstić information content (AvgIpc) is 2.65. The van der Waals surface area contributed by atoms with Gasteiger partial charge in [0.25, 0.3) is 0 Å². The molecule has 4 nitrogen and oxygen atoms in total. The number of nitrogens with one attached hydrogen (secondary N) is 1. The zero-order valence-corrected chi connectivity index (χ0v) is 15.1. The van der Waals surface area contributed by atoms with Gasteiger partial charge in [-0.2, -0.15) is 0 Å². The van der Waals surface area contributed by atoms with E-state index in [-0.39, 0.29) is 18.5 Å². The minimum Gasteiger partial charge on any atom is -0.493 e. The second kappa shape index (κ2) is 8.34. The van der Waals surface area contributed by atoms with Gasteiger partial charge < -0.3 is 15.2 Å². The number of ether oxygens (including phenoxy) is 1. The lowest BCUT2D eigenvalue weighted by Gasteiger charge is -2.19. The van der Waals surface area contributed by atoms with Crippen molar-refractivity contribution in [2.45, 2.75) is 19.4 Å². The SMILES string of the molecule is CC(Nc1c(Cl)cnc2ccccc12)c1cc(OCCCO)ccc1F. The third-order valence-electron chi connectivity index (χ3n) is 4.10. The van der Waals surface area contributed by atoms with Crippen LogP contribution < -0.4 is 10.1 Å². The normalized spacial score (nSPS) is 12.2. The number of fused-ring (bicyclic) bond motifs is 1. The van der Waals surface area contributed by atoms with Crippen LogP contribution in [0.15, 0.2) is 48.7 Å². The van der Waals surface area contributed by atoms with E-state index >= 15 is 0 Å². The summed E-state index contributed by atoms with van der Waals surface area (Å²) in [5, 5.41) is 13.5. The van der Waals surface area contributed by atoms with Crippen LogP contribution in [-0.2, 0) is 0 Å². The summed E-state index contributed by atoms with van der Waals surface area (Å²) in [5.41, 5.74) is 2.01. The topological polar surface area (TPSA) is 54.4 Å². The van der Waals surface area contributed by atoms with E-state index in [1.165, 1.54) is 6.07 Å². The van der Waals surface area contributed by atoms with Crippen molar-refractivity contribution in [3.8, 4) is 5.75 Å². The molecule has 0 aliphatic rings. The lowest BCUT2D eigenvalue weighted by Crippen LogP contribution is -2.10. The molecule has 0 amide bonds. The molecule has 2 N–H and O–H groups in total. The number of anilines is 1. The quantitative estimate of drug-likeness (QED) is 0.574. The summed E-state index contributed by atoms with van der Waals surface area (Å²) >= 11 is 6.32. The van der Waals surface area contributed by atoms with Gasteiger partial charge in [0.1, 0.15) is 11.6 Å². The number of nitrogens with zero attached hydrogens (tertiary/aromatic N) is 1. The van der Waals surface area contributed by atoms with E-state index < -0.39 is 0 Å². The zero-order valence-electron chi connectivity index (χ0n) is 14.4. The number of aromatic nitrogens is 1. The van der Waals surface area contributed by atoms with E-state index in [9.17, 15) is 4.39 Å². The fourth-order valence-corrected chi connectivity index (χ4v) is 2.96. The Labute approximate surface area is 156 Å². The monoisotopic (exact) mass is 374 g/mol. The molecule has 0 radical (unpaired) electrons. The molecule has 0 bridgehead atoms. The molecule has 3 aromatic rings. The van der Waals surface area contributed by atoms with Crippen LogP contribution in [0.5, 0.6) is 5.75 Å². The molecular weight excluding hydrogens is 355 g/mol. The van der Waals surface area contributed by atoms with Crippen LogP contribution in [0, 0.1) is 5.82 Å². The fourth-order valence-electron chi connectivity index (χ4n) is 2.76. The molecule has 0 spiro atoms. The predicted molar refractivity (Wildman–Crippen MR) is 102 cm³/mol. The number of hydrogen-bond donors (Lipinski definition) is 2. The van der Waals surface area contributed by atoms with E-state index in [0.29, 0.717) is 29.4 Å². The standard InChI is InChI=1S/C20H20ClFN2O2/c1-13(16-11-14(7-8-18(16)22)26-10-4-9-25)24-20-15-5-2-3-6-19(15)23-12-17(20)21/h2-3,5-8,11-13,25H,4,9-10H2,1H3,(H,23,24). The van der Waals surface area contributed by atoms with Crippen LogP contribution in [0.25, 0.3) is 10.9 Å². The second-order valence-electron chi connectivity index (χ2n) is 5.97. The first-order valence-corrected chi connectivity index (χ1v) is 8.81. The maximum absolute atomic E-state index is 14.3. The number of aliphatic hydroxyl groups excluding tert-OH is 1. The molecule has 1 heterocycles. The van der Waals surface area contributed by atoms with Gasteiger partial charge >= 0.3 is 0 Å². The van der Waals surface area contributed by atoms with Gasteiger partial charge in [-0.1, -0.05) is 29.8 Å². The van der Waals surface area contributed by atoms with Crippen molar-refractivity contribution in [2.75, 3.05) is 18.5 Å². The highest BCUT2D eigenvalue weighted by atomic mass is 35.5. The van der Waals surface area contributed by atoms with Gasteiger partial charge in [0.05, 0.1) is 28.9 Å². The molecule has 1 unspecified atom stereocenters. The fraction of sp³-hybridized carbons (Fsp3) is 0.250. The third kappa shape index (κ3) is 4.06. The Bertz CT molecular complexity index is 904. The number of aliphatic hydroxyl groups is 1. The van der Waals surface area contributed by atoms with E-state index in [0.717, 1.165) is 16.6 Å². The Morgan fingerprint density at radius 2 is 2.08 bits per heavy atom. The van der Waals surface area contributed by atoms with Crippen LogP contribution in [0.3, 0.4) is 0 Å². The van der Waals surface area contributed by atoms with Gasteiger partial charge in [-0.05, 0) is 31.2 Å². The van der Waals surface area contributed by atoms with Crippen LogP contribution >= 0.6 is 11.6 Å². The maximum atomic E-state index is 14.3. The Kier molecular flexibility index (Phi) is 5.91. The van der Waals surface area contributed by atoms with Gasteiger partial charge in [-0.15, -0.1) is 0 Å². The van der Waals surface area contributed by atoms with Gasteiger partial charge in [-0.3, -0.25) is 4.98 Å². The minimum atomic E-state index is -0.334.